The molecule has 0 aromatic heterocycles. The predicted octanol–water partition coefficient (Wildman–Crippen LogP) is 8.81. The molecule has 0 radical (unpaired) electrons. The second-order valence-electron chi connectivity index (χ2n) is 8.93. The molecule has 0 fully saturated rings. The molecule has 0 bridgehead atoms. The summed E-state index contributed by atoms with van der Waals surface area (Å²) in [4.78, 5) is 10.7. The quantitative estimate of drug-likeness (QED) is 0.163. The lowest BCUT2D eigenvalue weighted by Gasteiger charge is -2.24. The highest BCUT2D eigenvalue weighted by atomic mass is 31.2. The largest absolute Gasteiger partial charge is 0.344 e. The van der Waals surface area contributed by atoms with Gasteiger partial charge in [-0.1, -0.05) is 118 Å². The molecule has 0 amide bonds. The van der Waals surface area contributed by atoms with Crippen molar-refractivity contribution < 1.29 is 9.46 Å². The van der Waals surface area contributed by atoms with Gasteiger partial charge in [0, 0.05) is 12.3 Å². The van der Waals surface area contributed by atoms with Crippen molar-refractivity contribution in [3.8, 4) is 0 Å². The molecule has 3 heteroatoms. The van der Waals surface area contributed by atoms with E-state index in [9.17, 15) is 9.46 Å². The van der Waals surface area contributed by atoms with E-state index in [-0.39, 0.29) is 0 Å². The Bertz CT molecular complexity index is 326. The molecule has 0 aromatic carbocycles. The summed E-state index contributed by atoms with van der Waals surface area (Å²) in [5.41, 5.74) is 0. The Morgan fingerprint density at radius 3 is 1.26 bits per heavy atom. The highest BCUT2D eigenvalue weighted by Gasteiger charge is 2.27. The van der Waals surface area contributed by atoms with Crippen molar-refractivity contribution >= 4 is 7.37 Å². The third kappa shape index (κ3) is 16.8. The highest BCUT2D eigenvalue weighted by molar-refractivity contribution is 7.58. The normalized spacial score (nSPS) is 16.2. The van der Waals surface area contributed by atoms with Crippen molar-refractivity contribution in [1.82, 2.24) is 0 Å². The van der Waals surface area contributed by atoms with Crippen LogP contribution in [0, 0.1) is 11.8 Å². The average Bonchev–Trinajstić information content (AvgIpc) is 2.61. The fourth-order valence-electron chi connectivity index (χ4n) is 4.42. The maximum atomic E-state index is 13.0. The van der Waals surface area contributed by atoms with E-state index in [2.05, 4.69) is 27.7 Å². The maximum Gasteiger partial charge on any atom is 0.201 e. The third-order valence-corrected chi connectivity index (χ3v) is 8.09. The van der Waals surface area contributed by atoms with E-state index in [1.165, 1.54) is 64.2 Å². The molecule has 2 nitrogen and oxygen atoms in total. The first-order chi connectivity index (χ1) is 13.0. The number of hydrogen-bond donors (Lipinski definition) is 1. The Balaban J connectivity index is 4.40. The predicted molar refractivity (Wildman–Crippen MR) is 123 cm³/mol. The number of rotatable bonds is 20. The van der Waals surface area contributed by atoms with Crippen LogP contribution in [0.25, 0.3) is 0 Å². The van der Waals surface area contributed by atoms with Crippen LogP contribution in [0.1, 0.15) is 130 Å². The molecule has 0 saturated carbocycles. The van der Waals surface area contributed by atoms with Gasteiger partial charge in [-0.25, -0.2) is 0 Å². The Morgan fingerprint density at radius 1 is 0.556 bits per heavy atom. The highest BCUT2D eigenvalue weighted by Crippen LogP contribution is 2.47. The van der Waals surface area contributed by atoms with Crippen molar-refractivity contribution in [3.05, 3.63) is 0 Å². The average molecular weight is 403 g/mol. The molecule has 2 unspecified atom stereocenters. The zero-order valence-electron chi connectivity index (χ0n) is 19.2. The van der Waals surface area contributed by atoms with Crippen LogP contribution < -0.4 is 0 Å². The van der Waals surface area contributed by atoms with Crippen LogP contribution in [0.5, 0.6) is 0 Å². The Kier molecular flexibility index (Phi) is 18.4. The monoisotopic (exact) mass is 402 g/mol. The van der Waals surface area contributed by atoms with Crippen LogP contribution in [0.3, 0.4) is 0 Å². The molecular weight excluding hydrogens is 351 g/mol. The summed E-state index contributed by atoms with van der Waals surface area (Å²) in [5.74, 6) is 0.915. The Labute approximate surface area is 171 Å². The Morgan fingerprint density at radius 2 is 0.926 bits per heavy atom. The standard InChI is InChI=1S/C24H51O2P/c1-5-9-11-13-15-19-23(17-7-3)21-27(25,26)22-24(18-8-4)20-16-14-12-10-6-2/h23-24H,5-22H2,1-4H3,(H,25,26). The minimum atomic E-state index is -2.99. The van der Waals surface area contributed by atoms with Crippen molar-refractivity contribution in [2.24, 2.45) is 11.8 Å². The second kappa shape index (κ2) is 18.2. The zero-order valence-corrected chi connectivity index (χ0v) is 20.1. The molecule has 0 aromatic rings. The van der Waals surface area contributed by atoms with Gasteiger partial charge in [-0.05, 0) is 24.7 Å². The maximum absolute atomic E-state index is 13.0. The van der Waals surface area contributed by atoms with Crippen LogP contribution in [-0.2, 0) is 4.57 Å². The van der Waals surface area contributed by atoms with E-state index in [0.717, 1.165) is 38.5 Å². The van der Waals surface area contributed by atoms with Gasteiger partial charge in [-0.15, -0.1) is 0 Å². The summed E-state index contributed by atoms with van der Waals surface area (Å²) in [7, 11) is -2.99. The molecular formula is C24H51O2P. The van der Waals surface area contributed by atoms with Crippen molar-refractivity contribution in [2.75, 3.05) is 12.3 Å². The summed E-state index contributed by atoms with van der Waals surface area (Å²) in [5, 5.41) is 0. The molecule has 0 aliphatic heterocycles. The van der Waals surface area contributed by atoms with Crippen LogP contribution in [0.2, 0.25) is 0 Å². The second-order valence-corrected chi connectivity index (χ2v) is 11.3. The fraction of sp³-hybridized carbons (Fsp3) is 1.00. The molecule has 0 aliphatic rings. The van der Waals surface area contributed by atoms with Gasteiger partial charge in [0.1, 0.15) is 0 Å². The molecule has 1 N–H and O–H groups in total. The van der Waals surface area contributed by atoms with Gasteiger partial charge < -0.3 is 4.89 Å². The molecule has 0 heterocycles. The first kappa shape index (κ1) is 27.2. The first-order valence-corrected chi connectivity index (χ1v) is 14.3. The van der Waals surface area contributed by atoms with Gasteiger partial charge in [0.2, 0.25) is 7.37 Å². The lowest BCUT2D eigenvalue weighted by atomic mass is 9.97. The molecule has 164 valence electrons. The smallest absolute Gasteiger partial charge is 0.201 e. The summed E-state index contributed by atoms with van der Waals surface area (Å²) in [6.07, 6.45) is 20.9. The van der Waals surface area contributed by atoms with Crippen molar-refractivity contribution in [3.63, 3.8) is 0 Å². The van der Waals surface area contributed by atoms with E-state index in [1.54, 1.807) is 0 Å². The first-order valence-electron chi connectivity index (χ1n) is 12.3. The molecule has 2 atom stereocenters. The third-order valence-electron chi connectivity index (χ3n) is 5.91. The van der Waals surface area contributed by atoms with E-state index in [1.807, 2.05) is 0 Å². The minimum Gasteiger partial charge on any atom is -0.344 e. The van der Waals surface area contributed by atoms with Crippen LogP contribution in [0.4, 0.5) is 0 Å². The summed E-state index contributed by atoms with van der Waals surface area (Å²) >= 11 is 0. The van der Waals surface area contributed by atoms with Crippen molar-refractivity contribution in [2.45, 2.75) is 130 Å². The summed E-state index contributed by atoms with van der Waals surface area (Å²) in [6.45, 7) is 8.92. The Hall–Kier alpha value is 0.190. The fourth-order valence-corrected chi connectivity index (χ4v) is 6.92. The lowest BCUT2D eigenvalue weighted by Crippen LogP contribution is -2.14. The van der Waals surface area contributed by atoms with E-state index in [0.29, 0.717) is 24.2 Å². The molecule has 0 aliphatic carbocycles. The number of unbranched alkanes of at least 4 members (excludes halogenated alkanes) is 8. The van der Waals surface area contributed by atoms with E-state index < -0.39 is 7.37 Å². The van der Waals surface area contributed by atoms with Gasteiger partial charge >= 0.3 is 0 Å². The van der Waals surface area contributed by atoms with Gasteiger partial charge in [-0.2, -0.15) is 0 Å². The zero-order chi connectivity index (χ0) is 20.4. The molecule has 27 heavy (non-hydrogen) atoms. The van der Waals surface area contributed by atoms with Gasteiger partial charge in [0.25, 0.3) is 0 Å². The minimum absolute atomic E-state index is 0.458. The van der Waals surface area contributed by atoms with Crippen LogP contribution >= 0.6 is 7.37 Å². The molecule has 0 rings (SSSR count). The van der Waals surface area contributed by atoms with Crippen molar-refractivity contribution in [1.29, 1.82) is 0 Å². The van der Waals surface area contributed by atoms with Crippen LogP contribution in [-0.4, -0.2) is 17.2 Å². The summed E-state index contributed by atoms with van der Waals surface area (Å²) in [6, 6.07) is 0. The van der Waals surface area contributed by atoms with Gasteiger partial charge in [0.15, 0.2) is 0 Å². The number of hydrogen-bond acceptors (Lipinski definition) is 1. The molecule has 0 saturated heterocycles. The van der Waals surface area contributed by atoms with Gasteiger partial charge in [-0.3, -0.25) is 4.57 Å². The lowest BCUT2D eigenvalue weighted by molar-refractivity contribution is 0.398. The van der Waals surface area contributed by atoms with E-state index in [4.69, 9.17) is 0 Å². The van der Waals surface area contributed by atoms with E-state index >= 15 is 0 Å². The van der Waals surface area contributed by atoms with Crippen LogP contribution in [0.15, 0.2) is 0 Å². The molecule has 0 spiro atoms. The summed E-state index contributed by atoms with van der Waals surface area (Å²) < 4.78 is 13.0. The SMILES string of the molecule is CCCCCCCC(CCC)CP(=O)(O)CC(CCC)CCCCCCC. The van der Waals surface area contributed by atoms with Gasteiger partial charge in [0.05, 0.1) is 0 Å². The topological polar surface area (TPSA) is 37.3 Å².